The van der Waals surface area contributed by atoms with Gasteiger partial charge in [0, 0.05) is 5.69 Å². The second-order valence-electron chi connectivity index (χ2n) is 2.90. The minimum Gasteiger partial charge on any atom is -0.478 e. The molecule has 0 heterocycles. The lowest BCUT2D eigenvalue weighted by molar-refractivity contribution is -0.138. The number of benzene rings is 1. The van der Waals surface area contributed by atoms with Crippen molar-refractivity contribution in [3.63, 3.8) is 0 Å². The van der Waals surface area contributed by atoms with Crippen molar-refractivity contribution in [2.45, 2.75) is 6.18 Å². The number of anilines is 1. The van der Waals surface area contributed by atoms with Crippen molar-refractivity contribution in [1.82, 2.24) is 5.32 Å². The second-order valence-corrected chi connectivity index (χ2v) is 2.90. The van der Waals surface area contributed by atoms with E-state index < -0.39 is 11.7 Å². The van der Waals surface area contributed by atoms with E-state index >= 15 is 0 Å². The summed E-state index contributed by atoms with van der Waals surface area (Å²) in [5, 5.41) is 2.59. The molecule has 0 saturated carbocycles. The van der Waals surface area contributed by atoms with Crippen LogP contribution in [0.4, 0.5) is 18.9 Å². The lowest BCUT2D eigenvalue weighted by Crippen LogP contribution is -2.17. The largest absolute Gasteiger partial charge is 0.478 e. The third-order valence-corrected chi connectivity index (χ3v) is 1.68. The van der Waals surface area contributed by atoms with E-state index in [1.807, 2.05) is 0 Å². The predicted octanol–water partition coefficient (Wildman–Crippen LogP) is 1.84. The first-order chi connectivity index (χ1) is 6.95. The Morgan fingerprint density at radius 2 is 2.07 bits per heavy atom. The van der Waals surface area contributed by atoms with Gasteiger partial charge in [-0.3, -0.25) is 5.32 Å². The second kappa shape index (κ2) is 4.39. The maximum Gasteiger partial charge on any atom is 0.420 e. The summed E-state index contributed by atoms with van der Waals surface area (Å²) in [7, 11) is 1.57. The number of halogens is 3. The zero-order valence-corrected chi connectivity index (χ0v) is 8.06. The van der Waals surface area contributed by atoms with Crippen molar-refractivity contribution in [1.29, 1.82) is 0 Å². The van der Waals surface area contributed by atoms with Crippen LogP contribution in [0.5, 0.6) is 5.75 Å². The van der Waals surface area contributed by atoms with Gasteiger partial charge in [-0.15, -0.1) is 0 Å². The van der Waals surface area contributed by atoms with E-state index in [4.69, 9.17) is 10.5 Å². The molecule has 0 aromatic heterocycles. The van der Waals surface area contributed by atoms with Crippen molar-refractivity contribution in [3.05, 3.63) is 23.8 Å². The van der Waals surface area contributed by atoms with Crippen LogP contribution in [0.3, 0.4) is 0 Å². The van der Waals surface area contributed by atoms with E-state index in [9.17, 15) is 13.2 Å². The number of nitrogen functional groups attached to an aromatic ring is 1. The first-order valence-electron chi connectivity index (χ1n) is 4.19. The van der Waals surface area contributed by atoms with Gasteiger partial charge >= 0.3 is 6.18 Å². The predicted molar refractivity (Wildman–Crippen MR) is 50.4 cm³/mol. The molecule has 6 heteroatoms. The number of nitrogens with two attached hydrogens (primary N) is 1. The van der Waals surface area contributed by atoms with Crippen molar-refractivity contribution in [3.8, 4) is 5.75 Å². The number of nitrogens with one attached hydrogen (secondary N) is 1. The zero-order valence-electron chi connectivity index (χ0n) is 8.06. The third kappa shape index (κ3) is 3.02. The quantitative estimate of drug-likeness (QED) is 0.603. The molecule has 1 aromatic carbocycles. The van der Waals surface area contributed by atoms with Crippen LogP contribution in [-0.2, 0) is 6.18 Å². The molecular weight excluding hydrogens is 209 g/mol. The molecule has 0 saturated heterocycles. The van der Waals surface area contributed by atoms with Crippen molar-refractivity contribution < 1.29 is 17.9 Å². The van der Waals surface area contributed by atoms with Gasteiger partial charge in [-0.1, -0.05) is 0 Å². The van der Waals surface area contributed by atoms with E-state index in [1.165, 1.54) is 12.1 Å². The number of alkyl halides is 3. The molecule has 0 spiro atoms. The summed E-state index contributed by atoms with van der Waals surface area (Å²) >= 11 is 0. The average molecular weight is 220 g/mol. The van der Waals surface area contributed by atoms with Gasteiger partial charge in [-0.25, -0.2) is 0 Å². The molecule has 15 heavy (non-hydrogen) atoms. The number of rotatable bonds is 3. The molecule has 0 atom stereocenters. The van der Waals surface area contributed by atoms with Crippen molar-refractivity contribution in [2.24, 2.45) is 0 Å². The molecule has 0 fully saturated rings. The Bertz CT molecular complexity index is 339. The molecule has 3 N–H and O–H groups in total. The van der Waals surface area contributed by atoms with Gasteiger partial charge in [-0.2, -0.15) is 13.2 Å². The lowest BCUT2D eigenvalue weighted by atomic mass is 10.1. The molecule has 3 nitrogen and oxygen atoms in total. The SMILES string of the molecule is CNCOc1ccc(N)cc1C(F)(F)F. The zero-order chi connectivity index (χ0) is 11.5. The summed E-state index contributed by atoms with van der Waals surface area (Å²) in [4.78, 5) is 0. The number of hydrogen-bond donors (Lipinski definition) is 2. The van der Waals surface area contributed by atoms with E-state index in [2.05, 4.69) is 5.32 Å². The van der Waals surface area contributed by atoms with Crippen LogP contribution in [0.1, 0.15) is 5.56 Å². The van der Waals surface area contributed by atoms with E-state index in [0.717, 1.165) is 6.07 Å². The maximum absolute atomic E-state index is 12.5. The van der Waals surface area contributed by atoms with E-state index in [1.54, 1.807) is 7.05 Å². The fraction of sp³-hybridized carbons (Fsp3) is 0.333. The van der Waals surface area contributed by atoms with Gasteiger partial charge in [0.2, 0.25) is 0 Å². The Morgan fingerprint density at radius 3 is 2.60 bits per heavy atom. The molecule has 0 unspecified atom stereocenters. The van der Waals surface area contributed by atoms with E-state index in [-0.39, 0.29) is 18.2 Å². The molecule has 0 bridgehead atoms. The Morgan fingerprint density at radius 1 is 1.40 bits per heavy atom. The van der Waals surface area contributed by atoms with Gasteiger partial charge in [0.15, 0.2) is 0 Å². The van der Waals surface area contributed by atoms with Crippen LogP contribution in [0.2, 0.25) is 0 Å². The normalized spacial score (nSPS) is 11.5. The molecule has 0 aliphatic heterocycles. The summed E-state index contributed by atoms with van der Waals surface area (Å²) < 4.78 is 42.4. The molecule has 1 aromatic rings. The fourth-order valence-electron chi connectivity index (χ4n) is 1.04. The van der Waals surface area contributed by atoms with Gasteiger partial charge in [0.25, 0.3) is 0 Å². The van der Waals surface area contributed by atoms with Crippen LogP contribution < -0.4 is 15.8 Å². The van der Waals surface area contributed by atoms with Crippen LogP contribution >= 0.6 is 0 Å². The summed E-state index contributed by atoms with van der Waals surface area (Å²) in [6, 6.07) is 3.42. The summed E-state index contributed by atoms with van der Waals surface area (Å²) in [5.41, 5.74) is 4.47. The highest BCUT2D eigenvalue weighted by molar-refractivity contribution is 5.49. The minimum absolute atomic E-state index is 0.00694. The smallest absolute Gasteiger partial charge is 0.420 e. The van der Waals surface area contributed by atoms with Gasteiger partial charge < -0.3 is 10.5 Å². The summed E-state index contributed by atoms with van der Waals surface area (Å²) in [6.45, 7) is 0.00694. The first-order valence-corrected chi connectivity index (χ1v) is 4.19. The Hall–Kier alpha value is -1.43. The highest BCUT2D eigenvalue weighted by Gasteiger charge is 2.34. The maximum atomic E-state index is 12.5. The number of ether oxygens (including phenoxy) is 1. The minimum atomic E-state index is -4.46. The topological polar surface area (TPSA) is 47.3 Å². The Labute approximate surface area is 85.0 Å². The van der Waals surface area contributed by atoms with Crippen LogP contribution in [0, 0.1) is 0 Å². The molecule has 0 aliphatic rings. The lowest BCUT2D eigenvalue weighted by Gasteiger charge is -2.14. The van der Waals surface area contributed by atoms with Gasteiger partial charge in [-0.05, 0) is 25.2 Å². The number of hydrogen-bond acceptors (Lipinski definition) is 3. The Kier molecular flexibility index (Phi) is 3.41. The third-order valence-electron chi connectivity index (χ3n) is 1.68. The molecule has 84 valence electrons. The first kappa shape index (κ1) is 11.6. The molecule has 0 amide bonds. The molecular formula is C9H11F3N2O. The highest BCUT2D eigenvalue weighted by atomic mass is 19.4. The van der Waals surface area contributed by atoms with Crippen molar-refractivity contribution >= 4 is 5.69 Å². The Balaban J connectivity index is 3.04. The molecule has 0 radical (unpaired) electrons. The standard InChI is InChI=1S/C9H11F3N2O/c1-14-5-15-8-3-2-6(13)4-7(8)9(10,11)12/h2-4,14H,5,13H2,1H3. The fourth-order valence-corrected chi connectivity index (χ4v) is 1.04. The van der Waals surface area contributed by atoms with Crippen LogP contribution in [0.25, 0.3) is 0 Å². The van der Waals surface area contributed by atoms with Crippen molar-refractivity contribution in [2.75, 3.05) is 19.5 Å². The molecule has 1 rings (SSSR count). The van der Waals surface area contributed by atoms with Crippen LogP contribution in [-0.4, -0.2) is 13.8 Å². The summed E-state index contributed by atoms with van der Waals surface area (Å²) in [5.74, 6) is -0.231. The van der Waals surface area contributed by atoms with E-state index in [0.29, 0.717) is 0 Å². The molecule has 0 aliphatic carbocycles. The average Bonchev–Trinajstić information content (AvgIpc) is 2.14. The van der Waals surface area contributed by atoms with Gasteiger partial charge in [0.05, 0.1) is 5.56 Å². The summed E-state index contributed by atoms with van der Waals surface area (Å²) in [6.07, 6.45) is -4.46. The van der Waals surface area contributed by atoms with Crippen LogP contribution in [0.15, 0.2) is 18.2 Å². The van der Waals surface area contributed by atoms with Gasteiger partial charge in [0.1, 0.15) is 12.5 Å². The highest BCUT2D eigenvalue weighted by Crippen LogP contribution is 2.37. The monoisotopic (exact) mass is 220 g/mol.